The number of rotatable bonds is 7. The van der Waals surface area contributed by atoms with E-state index >= 15 is 0 Å². The van der Waals surface area contributed by atoms with Crippen molar-refractivity contribution in [2.24, 2.45) is 0 Å². The van der Waals surface area contributed by atoms with Crippen LogP contribution in [0.4, 0.5) is 0 Å². The van der Waals surface area contributed by atoms with Gasteiger partial charge < -0.3 is 9.32 Å². The molecule has 0 spiro atoms. The highest BCUT2D eigenvalue weighted by Gasteiger charge is 2.23. The van der Waals surface area contributed by atoms with Crippen molar-refractivity contribution in [1.82, 2.24) is 19.7 Å². The van der Waals surface area contributed by atoms with E-state index in [0.29, 0.717) is 18.3 Å². The summed E-state index contributed by atoms with van der Waals surface area (Å²) in [4.78, 5) is 14.7. The fraction of sp³-hybridized carbons (Fsp3) is 0.435. The van der Waals surface area contributed by atoms with E-state index in [1.807, 2.05) is 43.1 Å². The molecule has 0 aliphatic heterocycles. The van der Waals surface area contributed by atoms with Crippen LogP contribution in [-0.2, 0) is 11.3 Å². The summed E-state index contributed by atoms with van der Waals surface area (Å²) in [6.45, 7) is 2.56. The number of aromatic nitrogens is 3. The van der Waals surface area contributed by atoms with Crippen LogP contribution < -0.4 is 0 Å². The van der Waals surface area contributed by atoms with Crippen LogP contribution in [-0.4, -0.2) is 44.4 Å². The first-order chi connectivity index (χ1) is 14.6. The number of hydrogen-bond donors (Lipinski definition) is 0. The second-order valence-corrected chi connectivity index (χ2v) is 8.80. The number of carbonyl (C=O) groups excluding carboxylic acids is 1. The van der Waals surface area contributed by atoms with E-state index in [4.69, 9.17) is 4.42 Å². The lowest BCUT2D eigenvalue weighted by atomic mass is 9.94. The Bertz CT molecular complexity index is 976. The average molecular weight is 425 g/mol. The molecule has 4 rings (SSSR count). The van der Waals surface area contributed by atoms with Crippen LogP contribution in [0.1, 0.15) is 43.4 Å². The Morgan fingerprint density at radius 2 is 1.93 bits per heavy atom. The van der Waals surface area contributed by atoms with Gasteiger partial charge in [0.2, 0.25) is 5.91 Å². The third-order valence-corrected chi connectivity index (χ3v) is 6.79. The van der Waals surface area contributed by atoms with Crippen molar-refractivity contribution < 1.29 is 9.21 Å². The van der Waals surface area contributed by atoms with Gasteiger partial charge >= 0.3 is 0 Å². The Labute approximate surface area is 181 Å². The maximum absolute atomic E-state index is 12.8. The van der Waals surface area contributed by atoms with Crippen LogP contribution in [0.5, 0.6) is 0 Å². The van der Waals surface area contributed by atoms with Gasteiger partial charge in [-0.1, -0.05) is 61.4 Å². The maximum Gasteiger partial charge on any atom is 0.233 e. The van der Waals surface area contributed by atoms with Crippen LogP contribution in [0.15, 0.2) is 52.2 Å². The van der Waals surface area contributed by atoms with Gasteiger partial charge in [0, 0.05) is 13.1 Å². The molecule has 7 heteroatoms. The molecular weight excluding hydrogens is 396 g/mol. The monoisotopic (exact) mass is 424 g/mol. The zero-order valence-electron chi connectivity index (χ0n) is 17.6. The molecule has 0 atom stereocenters. The molecule has 0 N–H and O–H groups in total. The second-order valence-electron chi connectivity index (χ2n) is 7.85. The first-order valence-electron chi connectivity index (χ1n) is 10.5. The molecule has 1 aromatic carbocycles. The highest BCUT2D eigenvalue weighted by Crippen LogP contribution is 2.29. The van der Waals surface area contributed by atoms with Gasteiger partial charge in [-0.15, -0.1) is 10.2 Å². The molecule has 0 unspecified atom stereocenters. The molecule has 2 aromatic heterocycles. The lowest BCUT2D eigenvalue weighted by molar-refractivity contribution is -0.129. The molecule has 1 saturated carbocycles. The number of amides is 1. The lowest BCUT2D eigenvalue weighted by Crippen LogP contribution is -2.39. The van der Waals surface area contributed by atoms with Crippen molar-refractivity contribution in [3.63, 3.8) is 0 Å². The Balaban J connectivity index is 1.53. The van der Waals surface area contributed by atoms with Gasteiger partial charge in [0.05, 0.1) is 24.1 Å². The second kappa shape index (κ2) is 9.51. The van der Waals surface area contributed by atoms with Gasteiger partial charge in [0.25, 0.3) is 0 Å². The molecule has 3 aromatic rings. The molecule has 30 heavy (non-hydrogen) atoms. The van der Waals surface area contributed by atoms with Gasteiger partial charge in [0.1, 0.15) is 5.76 Å². The third kappa shape index (κ3) is 4.61. The van der Waals surface area contributed by atoms with Crippen molar-refractivity contribution >= 4 is 17.7 Å². The van der Waals surface area contributed by atoms with Gasteiger partial charge in [-0.2, -0.15) is 0 Å². The summed E-state index contributed by atoms with van der Waals surface area (Å²) < 4.78 is 7.56. The fourth-order valence-electron chi connectivity index (χ4n) is 4.02. The predicted molar refractivity (Wildman–Crippen MR) is 118 cm³/mol. The van der Waals surface area contributed by atoms with Crippen molar-refractivity contribution in [1.29, 1.82) is 0 Å². The maximum atomic E-state index is 12.8. The zero-order valence-corrected chi connectivity index (χ0v) is 18.4. The number of aryl methyl sites for hydroxylation is 1. The van der Waals surface area contributed by atoms with E-state index in [2.05, 4.69) is 26.9 Å². The SMILES string of the molecule is Cc1occc1-c1nnc(SCC(=O)N(C)C2CCCCC2)n1Cc1ccccc1. The Hall–Kier alpha value is -2.54. The fourth-order valence-corrected chi connectivity index (χ4v) is 4.88. The van der Waals surface area contributed by atoms with Gasteiger partial charge in [-0.05, 0) is 31.4 Å². The lowest BCUT2D eigenvalue weighted by Gasteiger charge is -2.31. The van der Waals surface area contributed by atoms with Crippen LogP contribution in [0.3, 0.4) is 0 Å². The molecule has 6 nitrogen and oxygen atoms in total. The van der Waals surface area contributed by atoms with E-state index in [1.165, 1.54) is 31.0 Å². The summed E-state index contributed by atoms with van der Waals surface area (Å²) in [5.74, 6) is 2.09. The van der Waals surface area contributed by atoms with Crippen molar-refractivity contribution in [3.05, 3.63) is 54.0 Å². The van der Waals surface area contributed by atoms with E-state index in [-0.39, 0.29) is 5.91 Å². The number of thioether (sulfide) groups is 1. The van der Waals surface area contributed by atoms with Crippen LogP contribution in [0, 0.1) is 6.92 Å². The average Bonchev–Trinajstić information content (AvgIpc) is 3.38. The summed E-state index contributed by atoms with van der Waals surface area (Å²) in [6.07, 6.45) is 7.61. The summed E-state index contributed by atoms with van der Waals surface area (Å²) in [5.41, 5.74) is 2.09. The molecular formula is C23H28N4O2S. The zero-order chi connectivity index (χ0) is 20.9. The quantitative estimate of drug-likeness (QED) is 0.511. The third-order valence-electron chi connectivity index (χ3n) is 5.84. The number of hydrogen-bond acceptors (Lipinski definition) is 5. The minimum atomic E-state index is 0.155. The summed E-state index contributed by atoms with van der Waals surface area (Å²) in [6, 6.07) is 12.5. The minimum Gasteiger partial charge on any atom is -0.469 e. The van der Waals surface area contributed by atoms with Crippen molar-refractivity contribution in [2.75, 3.05) is 12.8 Å². The van der Waals surface area contributed by atoms with E-state index in [0.717, 1.165) is 40.7 Å². The van der Waals surface area contributed by atoms with Crippen LogP contribution >= 0.6 is 11.8 Å². The normalized spacial score (nSPS) is 14.7. The van der Waals surface area contributed by atoms with Gasteiger partial charge in [-0.3, -0.25) is 9.36 Å². The number of carbonyl (C=O) groups is 1. The van der Waals surface area contributed by atoms with E-state index in [9.17, 15) is 4.79 Å². The molecule has 0 bridgehead atoms. The van der Waals surface area contributed by atoms with Crippen molar-refractivity contribution in [3.8, 4) is 11.4 Å². The standard InChI is InChI=1S/C23H28N4O2S/c1-17-20(13-14-29-17)22-24-25-23(27(22)15-18-9-5-3-6-10-18)30-16-21(28)26(2)19-11-7-4-8-12-19/h3,5-6,9-10,13-14,19H,4,7-8,11-12,15-16H2,1-2H3. The first kappa shape index (κ1) is 20.7. The molecule has 1 fully saturated rings. The highest BCUT2D eigenvalue weighted by atomic mass is 32.2. The molecule has 158 valence electrons. The highest BCUT2D eigenvalue weighted by molar-refractivity contribution is 7.99. The number of benzene rings is 1. The summed E-state index contributed by atoms with van der Waals surface area (Å²) in [7, 11) is 1.94. The summed E-state index contributed by atoms with van der Waals surface area (Å²) in [5, 5.41) is 9.60. The minimum absolute atomic E-state index is 0.155. The summed E-state index contributed by atoms with van der Waals surface area (Å²) >= 11 is 1.46. The largest absolute Gasteiger partial charge is 0.469 e. The molecule has 1 aliphatic rings. The van der Waals surface area contributed by atoms with E-state index in [1.54, 1.807) is 6.26 Å². The number of nitrogens with zero attached hydrogens (tertiary/aromatic N) is 4. The predicted octanol–water partition coefficient (Wildman–Crippen LogP) is 4.78. The van der Waals surface area contributed by atoms with Gasteiger partial charge in [0.15, 0.2) is 11.0 Å². The topological polar surface area (TPSA) is 64.2 Å². The Morgan fingerprint density at radius 3 is 2.63 bits per heavy atom. The van der Waals surface area contributed by atoms with Crippen LogP contribution in [0.2, 0.25) is 0 Å². The molecule has 2 heterocycles. The molecule has 1 amide bonds. The Morgan fingerprint density at radius 1 is 1.17 bits per heavy atom. The van der Waals surface area contributed by atoms with E-state index < -0.39 is 0 Å². The molecule has 0 saturated heterocycles. The first-order valence-corrected chi connectivity index (χ1v) is 11.5. The molecule has 0 radical (unpaired) electrons. The Kier molecular flexibility index (Phi) is 6.57. The number of furan rings is 1. The smallest absolute Gasteiger partial charge is 0.233 e. The van der Waals surface area contributed by atoms with Crippen molar-refractivity contribution in [2.45, 2.75) is 56.8 Å². The van der Waals surface area contributed by atoms with Gasteiger partial charge in [-0.25, -0.2) is 0 Å². The molecule has 1 aliphatic carbocycles. The van der Waals surface area contributed by atoms with Crippen LogP contribution in [0.25, 0.3) is 11.4 Å².